The van der Waals surface area contributed by atoms with Gasteiger partial charge in [0.15, 0.2) is 11.5 Å². The van der Waals surface area contributed by atoms with Gasteiger partial charge in [-0.3, -0.25) is 0 Å². The summed E-state index contributed by atoms with van der Waals surface area (Å²) >= 11 is 0. The van der Waals surface area contributed by atoms with Crippen LogP contribution in [0, 0.1) is 0 Å². The number of nitrogens with one attached hydrogen (secondary N) is 1. The molecule has 1 fully saturated rings. The number of hydrogen-bond acceptors (Lipinski definition) is 3. The Morgan fingerprint density at radius 1 is 1.06 bits per heavy atom. The molecule has 0 amide bonds. The fraction of sp³-hybridized carbons (Fsp3) is 0.600. The lowest BCUT2D eigenvalue weighted by molar-refractivity contribution is 0.171. The molecule has 1 aromatic rings. The van der Waals surface area contributed by atoms with Crippen molar-refractivity contribution in [3.8, 4) is 11.5 Å². The molecule has 1 aliphatic carbocycles. The van der Waals surface area contributed by atoms with E-state index in [2.05, 4.69) is 17.4 Å². The second kappa shape index (κ2) is 5.61. The minimum absolute atomic E-state index is 0.662. The van der Waals surface area contributed by atoms with Crippen molar-refractivity contribution in [3.63, 3.8) is 0 Å². The van der Waals surface area contributed by atoms with Crippen molar-refractivity contribution >= 4 is 0 Å². The van der Waals surface area contributed by atoms with Crippen LogP contribution in [-0.4, -0.2) is 25.8 Å². The maximum Gasteiger partial charge on any atom is 0.161 e. The van der Waals surface area contributed by atoms with E-state index in [1.165, 1.54) is 31.2 Å². The standard InChI is InChI=1S/C15H21NO2/c1-2-4-13(3-1)16-8-7-12-5-6-14-15(11-12)18-10-9-17-14/h5-6,11,13,16H,1-4,7-10H2. The van der Waals surface area contributed by atoms with E-state index in [1.54, 1.807) is 0 Å². The van der Waals surface area contributed by atoms with Gasteiger partial charge >= 0.3 is 0 Å². The van der Waals surface area contributed by atoms with Crippen LogP contribution in [0.25, 0.3) is 0 Å². The summed E-state index contributed by atoms with van der Waals surface area (Å²) in [6.45, 7) is 2.39. The highest BCUT2D eigenvalue weighted by Gasteiger charge is 2.14. The lowest BCUT2D eigenvalue weighted by atomic mass is 10.1. The molecule has 0 saturated heterocycles. The molecule has 0 atom stereocenters. The van der Waals surface area contributed by atoms with Crippen molar-refractivity contribution in [1.82, 2.24) is 5.32 Å². The summed E-state index contributed by atoms with van der Waals surface area (Å²) in [5.74, 6) is 1.79. The number of rotatable bonds is 4. The van der Waals surface area contributed by atoms with E-state index < -0.39 is 0 Å². The summed E-state index contributed by atoms with van der Waals surface area (Å²) in [4.78, 5) is 0. The van der Waals surface area contributed by atoms with Crippen molar-refractivity contribution in [2.45, 2.75) is 38.1 Å². The van der Waals surface area contributed by atoms with Crippen LogP contribution in [-0.2, 0) is 6.42 Å². The van der Waals surface area contributed by atoms with Gasteiger partial charge in [0.25, 0.3) is 0 Å². The third-order valence-electron chi connectivity index (χ3n) is 3.81. The summed E-state index contributed by atoms with van der Waals surface area (Å²) in [6, 6.07) is 7.04. The molecule has 0 spiro atoms. The Labute approximate surface area is 108 Å². The van der Waals surface area contributed by atoms with Crippen LogP contribution in [0.5, 0.6) is 11.5 Å². The number of benzene rings is 1. The Balaban J connectivity index is 1.52. The number of fused-ring (bicyclic) bond motifs is 1. The first-order valence-corrected chi connectivity index (χ1v) is 7.04. The highest BCUT2D eigenvalue weighted by molar-refractivity contribution is 5.43. The molecular formula is C15H21NO2. The first kappa shape index (κ1) is 11.8. The zero-order valence-corrected chi connectivity index (χ0v) is 10.8. The molecule has 1 saturated carbocycles. The third-order valence-corrected chi connectivity index (χ3v) is 3.81. The quantitative estimate of drug-likeness (QED) is 0.887. The van der Waals surface area contributed by atoms with Gasteiger partial charge in [0.2, 0.25) is 0 Å². The maximum atomic E-state index is 5.60. The van der Waals surface area contributed by atoms with Crippen molar-refractivity contribution in [2.75, 3.05) is 19.8 Å². The summed E-state index contributed by atoms with van der Waals surface area (Å²) in [6.07, 6.45) is 6.54. The Bertz CT molecular complexity index is 399. The average molecular weight is 247 g/mol. The van der Waals surface area contributed by atoms with Crippen LogP contribution in [0.2, 0.25) is 0 Å². The van der Waals surface area contributed by atoms with Crippen molar-refractivity contribution in [1.29, 1.82) is 0 Å². The van der Waals surface area contributed by atoms with Crippen molar-refractivity contribution in [2.24, 2.45) is 0 Å². The number of hydrogen-bond donors (Lipinski definition) is 1. The molecular weight excluding hydrogens is 226 g/mol. The first-order chi connectivity index (χ1) is 8.92. The second-order valence-corrected chi connectivity index (χ2v) is 5.16. The van der Waals surface area contributed by atoms with E-state index in [9.17, 15) is 0 Å². The van der Waals surface area contributed by atoms with Crippen LogP contribution in [0.3, 0.4) is 0 Å². The van der Waals surface area contributed by atoms with Gasteiger partial charge in [0.05, 0.1) is 0 Å². The topological polar surface area (TPSA) is 30.5 Å². The fourth-order valence-electron chi connectivity index (χ4n) is 2.79. The van der Waals surface area contributed by atoms with Gasteiger partial charge in [-0.15, -0.1) is 0 Å². The van der Waals surface area contributed by atoms with E-state index in [1.807, 2.05) is 6.07 Å². The third kappa shape index (κ3) is 2.78. The molecule has 0 unspecified atom stereocenters. The largest absolute Gasteiger partial charge is 0.486 e. The van der Waals surface area contributed by atoms with Crippen molar-refractivity contribution < 1.29 is 9.47 Å². The molecule has 3 nitrogen and oxygen atoms in total. The maximum absolute atomic E-state index is 5.60. The molecule has 0 bridgehead atoms. The Hall–Kier alpha value is -1.22. The van der Waals surface area contributed by atoms with Crippen LogP contribution < -0.4 is 14.8 Å². The van der Waals surface area contributed by atoms with Crippen LogP contribution >= 0.6 is 0 Å². The molecule has 3 rings (SSSR count). The highest BCUT2D eigenvalue weighted by atomic mass is 16.6. The van der Waals surface area contributed by atoms with Crippen LogP contribution in [0.1, 0.15) is 31.2 Å². The monoisotopic (exact) mass is 247 g/mol. The van der Waals surface area contributed by atoms with Gasteiger partial charge in [-0.2, -0.15) is 0 Å². The first-order valence-electron chi connectivity index (χ1n) is 7.04. The average Bonchev–Trinajstić information content (AvgIpc) is 2.92. The predicted molar refractivity (Wildman–Crippen MR) is 71.4 cm³/mol. The smallest absolute Gasteiger partial charge is 0.161 e. The summed E-state index contributed by atoms with van der Waals surface area (Å²) in [5.41, 5.74) is 1.32. The van der Waals surface area contributed by atoms with Crippen molar-refractivity contribution in [3.05, 3.63) is 23.8 Å². The Kier molecular flexibility index (Phi) is 3.69. The van der Waals surface area contributed by atoms with Gasteiger partial charge in [-0.1, -0.05) is 18.9 Å². The van der Waals surface area contributed by atoms with E-state index in [-0.39, 0.29) is 0 Å². The molecule has 3 heteroatoms. The molecule has 1 aliphatic heterocycles. The van der Waals surface area contributed by atoms with Gasteiger partial charge in [0, 0.05) is 6.04 Å². The van der Waals surface area contributed by atoms with E-state index in [0.717, 1.165) is 30.5 Å². The van der Waals surface area contributed by atoms with Gasteiger partial charge in [-0.05, 0) is 43.5 Å². The Morgan fingerprint density at radius 3 is 2.67 bits per heavy atom. The van der Waals surface area contributed by atoms with E-state index in [0.29, 0.717) is 13.2 Å². The summed E-state index contributed by atoms with van der Waals surface area (Å²) in [5, 5.41) is 3.64. The fourth-order valence-corrected chi connectivity index (χ4v) is 2.79. The van der Waals surface area contributed by atoms with Gasteiger partial charge in [-0.25, -0.2) is 0 Å². The van der Waals surface area contributed by atoms with Gasteiger partial charge < -0.3 is 14.8 Å². The minimum Gasteiger partial charge on any atom is -0.486 e. The Morgan fingerprint density at radius 2 is 1.83 bits per heavy atom. The van der Waals surface area contributed by atoms with Gasteiger partial charge in [0.1, 0.15) is 13.2 Å². The normalized spacial score (nSPS) is 19.1. The molecule has 1 N–H and O–H groups in total. The second-order valence-electron chi connectivity index (χ2n) is 5.16. The molecule has 18 heavy (non-hydrogen) atoms. The molecule has 0 radical (unpaired) electrons. The molecule has 1 aromatic carbocycles. The highest BCUT2D eigenvalue weighted by Crippen LogP contribution is 2.30. The molecule has 1 heterocycles. The summed E-state index contributed by atoms with van der Waals surface area (Å²) < 4.78 is 11.1. The van der Waals surface area contributed by atoms with E-state index >= 15 is 0 Å². The SMILES string of the molecule is c1cc2c(cc1CCNC1CCCC1)OCCO2. The summed E-state index contributed by atoms with van der Waals surface area (Å²) in [7, 11) is 0. The zero-order chi connectivity index (χ0) is 12.2. The zero-order valence-electron chi connectivity index (χ0n) is 10.8. The number of ether oxygens (including phenoxy) is 2. The minimum atomic E-state index is 0.662. The molecule has 0 aromatic heterocycles. The lowest BCUT2D eigenvalue weighted by Crippen LogP contribution is -2.28. The predicted octanol–water partition coefficient (Wildman–Crippen LogP) is 2.53. The molecule has 98 valence electrons. The van der Waals surface area contributed by atoms with Crippen LogP contribution in [0.15, 0.2) is 18.2 Å². The van der Waals surface area contributed by atoms with Crippen LogP contribution in [0.4, 0.5) is 0 Å². The van der Waals surface area contributed by atoms with E-state index in [4.69, 9.17) is 9.47 Å². The lowest BCUT2D eigenvalue weighted by Gasteiger charge is -2.19. The molecule has 2 aliphatic rings.